The fourth-order valence-corrected chi connectivity index (χ4v) is 1.75. The Labute approximate surface area is 118 Å². The van der Waals surface area contributed by atoms with Crippen molar-refractivity contribution in [2.75, 3.05) is 7.05 Å². The summed E-state index contributed by atoms with van der Waals surface area (Å²) in [5, 5.41) is 2.75. The summed E-state index contributed by atoms with van der Waals surface area (Å²) in [5.41, 5.74) is -0.725. The second kappa shape index (κ2) is 6.09. The number of para-hydroxylation sites is 1. The molecular weight excluding hydrogens is 288 g/mol. The van der Waals surface area contributed by atoms with E-state index in [0.717, 1.165) is 12.1 Å². The third kappa shape index (κ3) is 3.49. The molecule has 0 fully saturated rings. The van der Waals surface area contributed by atoms with Crippen molar-refractivity contribution < 1.29 is 22.3 Å². The molecule has 2 rings (SSSR count). The quantitative estimate of drug-likeness (QED) is 0.873. The first-order chi connectivity index (χ1) is 9.93. The molecule has 0 amide bonds. The number of hydrogen-bond donors (Lipinski definition) is 1. The summed E-state index contributed by atoms with van der Waals surface area (Å²) < 4.78 is 57.6. The van der Waals surface area contributed by atoms with Gasteiger partial charge in [0.25, 0.3) is 5.88 Å². The monoisotopic (exact) mass is 300 g/mol. The molecule has 1 heterocycles. The van der Waals surface area contributed by atoms with Gasteiger partial charge in [-0.3, -0.25) is 0 Å². The van der Waals surface area contributed by atoms with Gasteiger partial charge in [-0.2, -0.15) is 13.2 Å². The van der Waals surface area contributed by atoms with Crippen LogP contribution >= 0.6 is 0 Å². The molecule has 0 saturated carbocycles. The number of halogens is 4. The van der Waals surface area contributed by atoms with Crippen molar-refractivity contribution >= 4 is 0 Å². The zero-order valence-electron chi connectivity index (χ0n) is 11.0. The van der Waals surface area contributed by atoms with Gasteiger partial charge in [0.05, 0.1) is 5.56 Å². The minimum absolute atomic E-state index is 0.214. The molecule has 0 bridgehead atoms. The van der Waals surface area contributed by atoms with Crippen LogP contribution in [0, 0.1) is 5.82 Å². The molecule has 2 aromatic rings. The van der Waals surface area contributed by atoms with Crippen molar-refractivity contribution in [3.05, 3.63) is 53.5 Å². The number of aromatic nitrogens is 1. The van der Waals surface area contributed by atoms with Gasteiger partial charge in [-0.1, -0.05) is 12.1 Å². The van der Waals surface area contributed by atoms with E-state index in [9.17, 15) is 17.6 Å². The Morgan fingerprint density at radius 2 is 1.90 bits per heavy atom. The summed E-state index contributed by atoms with van der Waals surface area (Å²) in [7, 11) is 1.62. The first-order valence-electron chi connectivity index (χ1n) is 6.05. The largest absolute Gasteiger partial charge is 0.436 e. The maximum absolute atomic E-state index is 14.1. The second-order valence-electron chi connectivity index (χ2n) is 4.22. The summed E-state index contributed by atoms with van der Waals surface area (Å²) in [6, 6.07) is 6.02. The summed E-state index contributed by atoms with van der Waals surface area (Å²) in [5.74, 6) is -1.76. The van der Waals surface area contributed by atoms with Crippen LogP contribution in [0.25, 0.3) is 0 Å². The second-order valence-corrected chi connectivity index (χ2v) is 4.22. The molecule has 1 aromatic carbocycles. The molecular formula is C14H12F4N2O. The lowest BCUT2D eigenvalue weighted by Crippen LogP contribution is -2.10. The maximum Gasteiger partial charge on any atom is 0.419 e. The van der Waals surface area contributed by atoms with Crippen molar-refractivity contribution in [3.63, 3.8) is 0 Å². The average Bonchev–Trinajstić information content (AvgIpc) is 2.43. The van der Waals surface area contributed by atoms with Gasteiger partial charge in [-0.15, -0.1) is 0 Å². The van der Waals surface area contributed by atoms with E-state index in [-0.39, 0.29) is 12.1 Å². The molecule has 21 heavy (non-hydrogen) atoms. The van der Waals surface area contributed by atoms with E-state index in [1.54, 1.807) is 7.05 Å². The number of rotatable bonds is 4. The molecule has 0 radical (unpaired) electrons. The van der Waals surface area contributed by atoms with Crippen LogP contribution in [0.3, 0.4) is 0 Å². The lowest BCUT2D eigenvalue weighted by Gasteiger charge is -2.14. The van der Waals surface area contributed by atoms with Crippen LogP contribution in [0.4, 0.5) is 17.6 Å². The predicted octanol–water partition coefficient (Wildman–Crippen LogP) is 3.75. The van der Waals surface area contributed by atoms with E-state index in [0.29, 0.717) is 0 Å². The third-order valence-corrected chi connectivity index (χ3v) is 2.70. The molecule has 1 aromatic heterocycles. The molecule has 0 aliphatic rings. The Kier molecular flexibility index (Phi) is 4.42. The van der Waals surface area contributed by atoms with Gasteiger partial charge in [0, 0.05) is 18.3 Å². The number of benzene rings is 1. The SMILES string of the molecule is CNCc1ccnc(Oc2ccccc2C(F)(F)F)c1F. The molecule has 0 atom stereocenters. The fourth-order valence-electron chi connectivity index (χ4n) is 1.75. The molecule has 3 nitrogen and oxygen atoms in total. The van der Waals surface area contributed by atoms with Crippen molar-refractivity contribution in [1.82, 2.24) is 10.3 Å². The van der Waals surface area contributed by atoms with E-state index in [4.69, 9.17) is 4.74 Å². The van der Waals surface area contributed by atoms with Gasteiger partial charge in [0.2, 0.25) is 0 Å². The summed E-state index contributed by atoms with van der Waals surface area (Å²) >= 11 is 0. The van der Waals surface area contributed by atoms with E-state index in [2.05, 4.69) is 10.3 Å². The Bertz CT molecular complexity index is 629. The Morgan fingerprint density at radius 3 is 2.57 bits per heavy atom. The van der Waals surface area contributed by atoms with Crippen molar-refractivity contribution in [2.45, 2.75) is 12.7 Å². The highest BCUT2D eigenvalue weighted by Gasteiger charge is 2.34. The standard InChI is InChI=1S/C14H12F4N2O/c1-19-8-9-6-7-20-13(12(9)15)21-11-5-3-2-4-10(11)14(16,17)18/h2-7,19H,8H2,1H3. The molecule has 7 heteroatoms. The van der Waals surface area contributed by atoms with Crippen LogP contribution < -0.4 is 10.1 Å². The van der Waals surface area contributed by atoms with Crippen LogP contribution in [0.5, 0.6) is 11.6 Å². The highest BCUT2D eigenvalue weighted by Crippen LogP contribution is 2.38. The summed E-state index contributed by atoms with van der Waals surface area (Å²) in [6.45, 7) is 0.214. The van der Waals surface area contributed by atoms with Crippen LogP contribution in [0.15, 0.2) is 36.5 Å². The van der Waals surface area contributed by atoms with E-state index >= 15 is 0 Å². The zero-order valence-corrected chi connectivity index (χ0v) is 11.0. The van der Waals surface area contributed by atoms with Gasteiger partial charge in [0.15, 0.2) is 5.82 Å². The van der Waals surface area contributed by atoms with E-state index in [1.165, 1.54) is 24.4 Å². The summed E-state index contributed by atoms with van der Waals surface area (Å²) in [6.07, 6.45) is -3.31. The number of ether oxygens (including phenoxy) is 1. The van der Waals surface area contributed by atoms with Crippen molar-refractivity contribution in [1.29, 1.82) is 0 Å². The Hall–Kier alpha value is -2.15. The molecule has 0 spiro atoms. The molecule has 0 saturated heterocycles. The zero-order chi connectivity index (χ0) is 15.5. The van der Waals surface area contributed by atoms with Crippen LogP contribution in [0.1, 0.15) is 11.1 Å². The topological polar surface area (TPSA) is 34.2 Å². The lowest BCUT2D eigenvalue weighted by atomic mass is 10.2. The Balaban J connectivity index is 2.38. The van der Waals surface area contributed by atoms with Gasteiger partial charge in [0.1, 0.15) is 5.75 Å². The summed E-state index contributed by atoms with van der Waals surface area (Å²) in [4.78, 5) is 3.65. The number of pyridine rings is 1. The molecule has 0 aliphatic carbocycles. The predicted molar refractivity (Wildman–Crippen MR) is 68.5 cm³/mol. The Morgan fingerprint density at radius 1 is 1.19 bits per heavy atom. The van der Waals surface area contributed by atoms with Crippen LogP contribution in [-0.4, -0.2) is 12.0 Å². The molecule has 0 aliphatic heterocycles. The van der Waals surface area contributed by atoms with Gasteiger partial charge in [-0.05, 0) is 25.2 Å². The smallest absolute Gasteiger partial charge is 0.419 e. The van der Waals surface area contributed by atoms with Crippen molar-refractivity contribution in [2.24, 2.45) is 0 Å². The number of nitrogens with one attached hydrogen (secondary N) is 1. The van der Waals surface area contributed by atoms with Gasteiger partial charge >= 0.3 is 6.18 Å². The highest BCUT2D eigenvalue weighted by molar-refractivity contribution is 5.39. The first-order valence-corrected chi connectivity index (χ1v) is 6.05. The normalized spacial score (nSPS) is 11.5. The van der Waals surface area contributed by atoms with E-state index < -0.39 is 29.2 Å². The van der Waals surface area contributed by atoms with E-state index in [1.807, 2.05) is 0 Å². The fraction of sp³-hybridized carbons (Fsp3) is 0.214. The van der Waals surface area contributed by atoms with Gasteiger partial charge in [-0.25, -0.2) is 9.37 Å². The van der Waals surface area contributed by atoms with Gasteiger partial charge < -0.3 is 10.1 Å². The molecule has 112 valence electrons. The third-order valence-electron chi connectivity index (χ3n) is 2.70. The number of nitrogens with zero attached hydrogens (tertiary/aromatic N) is 1. The average molecular weight is 300 g/mol. The first kappa shape index (κ1) is 15.2. The number of hydrogen-bond acceptors (Lipinski definition) is 3. The molecule has 0 unspecified atom stereocenters. The van der Waals surface area contributed by atoms with Crippen LogP contribution in [0.2, 0.25) is 0 Å². The minimum Gasteiger partial charge on any atom is -0.436 e. The number of alkyl halides is 3. The molecule has 1 N–H and O–H groups in total. The maximum atomic E-state index is 14.1. The highest BCUT2D eigenvalue weighted by atomic mass is 19.4. The minimum atomic E-state index is -4.59. The van der Waals surface area contributed by atoms with Crippen LogP contribution in [-0.2, 0) is 12.7 Å². The lowest BCUT2D eigenvalue weighted by molar-refractivity contribution is -0.138. The van der Waals surface area contributed by atoms with Crippen molar-refractivity contribution in [3.8, 4) is 11.6 Å².